The van der Waals surface area contributed by atoms with E-state index in [1.807, 2.05) is 44.2 Å². The Morgan fingerprint density at radius 3 is 2.75 bits per heavy atom. The first-order valence-corrected chi connectivity index (χ1v) is 8.31. The summed E-state index contributed by atoms with van der Waals surface area (Å²) in [5, 5.41) is 3.58. The number of aryl methyl sites for hydroxylation is 3. The second-order valence-electron chi connectivity index (χ2n) is 6.03. The van der Waals surface area contributed by atoms with Crippen molar-refractivity contribution in [1.29, 1.82) is 0 Å². The molecule has 0 spiro atoms. The maximum Gasteiger partial charge on any atom is 0.275 e. The second kappa shape index (κ2) is 7.02. The van der Waals surface area contributed by atoms with Crippen LogP contribution in [0, 0.1) is 13.8 Å². The Morgan fingerprint density at radius 2 is 1.96 bits per heavy atom. The molecule has 2 aromatic carbocycles. The topological polar surface area (TPSA) is 41.5 Å². The summed E-state index contributed by atoms with van der Waals surface area (Å²) in [4.78, 5) is 16.6. The average molecular weight is 339 g/mol. The minimum absolute atomic E-state index is 0.142. The molecule has 0 saturated heterocycles. The third-order valence-corrected chi connectivity index (χ3v) is 4.25. The lowest BCUT2D eigenvalue weighted by molar-refractivity contribution is -0.115. The smallest absolute Gasteiger partial charge is 0.275 e. The predicted molar refractivity (Wildman–Crippen MR) is 99.2 cm³/mol. The van der Waals surface area contributed by atoms with E-state index in [-0.39, 0.29) is 5.91 Å². The van der Waals surface area contributed by atoms with Gasteiger partial charge in [0.1, 0.15) is 11.5 Å². The van der Waals surface area contributed by atoms with Crippen LogP contribution in [0.5, 0.6) is 0 Å². The van der Waals surface area contributed by atoms with Gasteiger partial charge in [-0.3, -0.25) is 4.79 Å². The van der Waals surface area contributed by atoms with Crippen LogP contribution in [0.2, 0.25) is 5.02 Å². The van der Waals surface area contributed by atoms with E-state index in [1.165, 1.54) is 0 Å². The molecule has 0 fully saturated rings. The molecule has 3 rings (SSSR count). The quantitative estimate of drug-likeness (QED) is 0.822. The minimum atomic E-state index is -0.142. The zero-order valence-corrected chi connectivity index (χ0v) is 14.5. The maximum atomic E-state index is 12.1. The van der Waals surface area contributed by atoms with Crippen LogP contribution >= 0.6 is 11.6 Å². The summed E-state index contributed by atoms with van der Waals surface area (Å²) in [7, 11) is 0. The standard InChI is InChI=1S/C20H19ClN2O/c1-13-6-7-14(2)16(10-13)12-18-20(24)23-19(22-18)9-8-15-4-3-5-17(21)11-15/h3-7,10-12H,8-9H2,1-2H3,(H,22,23,24)/b18-12+. The van der Waals surface area contributed by atoms with Gasteiger partial charge in [0.15, 0.2) is 0 Å². The van der Waals surface area contributed by atoms with Crippen LogP contribution in [0.25, 0.3) is 6.08 Å². The highest BCUT2D eigenvalue weighted by Crippen LogP contribution is 2.18. The zero-order valence-electron chi connectivity index (χ0n) is 13.8. The number of nitrogens with zero attached hydrogens (tertiary/aromatic N) is 1. The molecule has 0 atom stereocenters. The molecule has 1 aliphatic heterocycles. The summed E-state index contributed by atoms with van der Waals surface area (Å²) in [6, 6.07) is 13.9. The summed E-state index contributed by atoms with van der Waals surface area (Å²) in [5.74, 6) is 0.563. The molecular weight excluding hydrogens is 320 g/mol. The van der Waals surface area contributed by atoms with Gasteiger partial charge in [-0.15, -0.1) is 0 Å². The number of rotatable bonds is 4. The Bertz CT molecular complexity index is 852. The number of nitrogens with one attached hydrogen (secondary N) is 1. The molecule has 122 valence electrons. The van der Waals surface area contributed by atoms with Gasteiger partial charge in [0, 0.05) is 11.4 Å². The number of benzene rings is 2. The third-order valence-electron chi connectivity index (χ3n) is 4.01. The molecule has 0 saturated carbocycles. The summed E-state index contributed by atoms with van der Waals surface area (Å²) in [6.45, 7) is 4.07. The van der Waals surface area contributed by atoms with Crippen LogP contribution in [0.15, 0.2) is 53.2 Å². The van der Waals surface area contributed by atoms with Crippen LogP contribution in [0.3, 0.4) is 0 Å². The number of aliphatic imine (C=N–C) groups is 1. The van der Waals surface area contributed by atoms with E-state index in [4.69, 9.17) is 11.6 Å². The first-order valence-electron chi connectivity index (χ1n) is 7.93. The molecule has 3 nitrogen and oxygen atoms in total. The first-order chi connectivity index (χ1) is 11.5. The normalized spacial score (nSPS) is 15.5. The van der Waals surface area contributed by atoms with Crippen molar-refractivity contribution in [2.24, 2.45) is 4.99 Å². The number of amides is 1. The fourth-order valence-corrected chi connectivity index (χ4v) is 2.87. The van der Waals surface area contributed by atoms with Crippen LogP contribution in [-0.2, 0) is 11.2 Å². The predicted octanol–water partition coefficient (Wildman–Crippen LogP) is 4.46. The van der Waals surface area contributed by atoms with Crippen molar-refractivity contribution in [2.75, 3.05) is 0 Å². The van der Waals surface area contributed by atoms with Crippen molar-refractivity contribution in [2.45, 2.75) is 26.7 Å². The maximum absolute atomic E-state index is 12.1. The lowest BCUT2D eigenvalue weighted by Crippen LogP contribution is -2.24. The van der Waals surface area contributed by atoms with Crippen LogP contribution in [-0.4, -0.2) is 11.7 Å². The van der Waals surface area contributed by atoms with Crippen LogP contribution in [0.1, 0.15) is 28.7 Å². The zero-order chi connectivity index (χ0) is 17.1. The van der Waals surface area contributed by atoms with E-state index in [0.717, 1.165) is 33.7 Å². The largest absolute Gasteiger partial charge is 0.309 e. The van der Waals surface area contributed by atoms with E-state index >= 15 is 0 Å². The van der Waals surface area contributed by atoms with Crippen LogP contribution in [0.4, 0.5) is 0 Å². The Labute approximate surface area is 147 Å². The summed E-state index contributed by atoms with van der Waals surface area (Å²) in [6.07, 6.45) is 3.32. The molecule has 0 bridgehead atoms. The molecule has 4 heteroatoms. The highest BCUT2D eigenvalue weighted by molar-refractivity contribution is 6.30. The van der Waals surface area contributed by atoms with Crippen molar-refractivity contribution in [3.8, 4) is 0 Å². The van der Waals surface area contributed by atoms with E-state index in [0.29, 0.717) is 18.0 Å². The van der Waals surface area contributed by atoms with Gasteiger partial charge in [-0.25, -0.2) is 4.99 Å². The average Bonchev–Trinajstić information content (AvgIpc) is 2.89. The Kier molecular flexibility index (Phi) is 4.81. The lowest BCUT2D eigenvalue weighted by Gasteiger charge is -2.02. The first kappa shape index (κ1) is 16.5. The van der Waals surface area contributed by atoms with E-state index in [1.54, 1.807) is 0 Å². The Hall–Kier alpha value is -2.39. The second-order valence-corrected chi connectivity index (χ2v) is 6.47. The highest BCUT2D eigenvalue weighted by Gasteiger charge is 2.19. The third kappa shape index (κ3) is 3.92. The van der Waals surface area contributed by atoms with Crippen LogP contribution < -0.4 is 5.32 Å². The van der Waals surface area contributed by atoms with E-state index in [9.17, 15) is 4.79 Å². The molecule has 1 N–H and O–H groups in total. The molecule has 2 aromatic rings. The van der Waals surface area contributed by atoms with Gasteiger partial charge in [0.05, 0.1) is 0 Å². The van der Waals surface area contributed by atoms with Crippen molar-refractivity contribution in [3.05, 3.63) is 75.4 Å². The number of hydrogen-bond donors (Lipinski definition) is 1. The van der Waals surface area contributed by atoms with Gasteiger partial charge < -0.3 is 5.32 Å². The monoisotopic (exact) mass is 338 g/mol. The van der Waals surface area contributed by atoms with Gasteiger partial charge in [-0.2, -0.15) is 0 Å². The lowest BCUT2D eigenvalue weighted by atomic mass is 10.0. The fraction of sp³-hybridized carbons (Fsp3) is 0.200. The molecule has 24 heavy (non-hydrogen) atoms. The molecule has 1 aliphatic rings. The summed E-state index contributed by atoms with van der Waals surface area (Å²) in [5.41, 5.74) is 4.91. The van der Waals surface area contributed by atoms with Gasteiger partial charge >= 0.3 is 0 Å². The van der Waals surface area contributed by atoms with Crippen molar-refractivity contribution in [1.82, 2.24) is 5.32 Å². The number of amidine groups is 1. The van der Waals surface area contributed by atoms with E-state index < -0.39 is 0 Å². The number of carbonyl (C=O) groups is 1. The van der Waals surface area contributed by atoms with Gasteiger partial charge in [-0.1, -0.05) is 47.5 Å². The SMILES string of the molecule is Cc1ccc(C)c(/C=C2/N=C(CCc3cccc(Cl)c3)NC2=O)c1. The van der Waals surface area contributed by atoms with E-state index in [2.05, 4.69) is 28.5 Å². The Morgan fingerprint density at radius 1 is 1.12 bits per heavy atom. The fourth-order valence-electron chi connectivity index (χ4n) is 2.65. The van der Waals surface area contributed by atoms with Crippen molar-refractivity contribution in [3.63, 3.8) is 0 Å². The minimum Gasteiger partial charge on any atom is -0.309 e. The van der Waals surface area contributed by atoms with Gasteiger partial charge in [-0.05, 0) is 55.2 Å². The summed E-state index contributed by atoms with van der Waals surface area (Å²) >= 11 is 6.00. The van der Waals surface area contributed by atoms with Gasteiger partial charge in [0.25, 0.3) is 5.91 Å². The molecular formula is C20H19ClN2O. The number of halogens is 1. The molecule has 0 radical (unpaired) electrons. The number of carbonyl (C=O) groups excluding carboxylic acids is 1. The highest BCUT2D eigenvalue weighted by atomic mass is 35.5. The van der Waals surface area contributed by atoms with Crippen molar-refractivity contribution >= 4 is 29.4 Å². The molecule has 1 amide bonds. The van der Waals surface area contributed by atoms with Gasteiger partial charge in [0.2, 0.25) is 0 Å². The van der Waals surface area contributed by atoms with Crippen molar-refractivity contribution < 1.29 is 4.79 Å². The molecule has 0 unspecified atom stereocenters. The molecule has 0 aromatic heterocycles. The summed E-state index contributed by atoms with van der Waals surface area (Å²) < 4.78 is 0. The molecule has 1 heterocycles. The number of hydrogen-bond acceptors (Lipinski definition) is 2. The molecule has 0 aliphatic carbocycles. The Balaban J connectivity index is 1.75.